The lowest BCUT2D eigenvalue weighted by Crippen LogP contribution is -1.86. The van der Waals surface area contributed by atoms with E-state index in [1.807, 2.05) is 25.1 Å². The van der Waals surface area contributed by atoms with Crippen LogP contribution < -0.4 is 0 Å². The molecule has 102 valence electrons. The predicted molar refractivity (Wildman–Crippen MR) is 87.9 cm³/mol. The van der Waals surface area contributed by atoms with Crippen LogP contribution in [0.5, 0.6) is 0 Å². The molecular weight excluding hydrogens is 302 g/mol. The molecule has 4 aromatic rings. The Labute approximate surface area is 130 Å². The third-order valence-electron chi connectivity index (χ3n) is 3.40. The maximum atomic E-state index is 6.20. The Morgan fingerprint density at radius 1 is 1.10 bits per heavy atom. The van der Waals surface area contributed by atoms with Gasteiger partial charge in [-0.15, -0.1) is 11.3 Å². The van der Waals surface area contributed by atoms with E-state index in [0.717, 1.165) is 37.3 Å². The second-order valence-electron chi connectivity index (χ2n) is 4.80. The van der Waals surface area contributed by atoms with Gasteiger partial charge >= 0.3 is 0 Å². The highest BCUT2D eigenvalue weighted by atomic mass is 35.5. The topological polar surface area (TPSA) is 38.7 Å². The summed E-state index contributed by atoms with van der Waals surface area (Å²) in [6.07, 6.45) is 1.51. The minimum Gasteiger partial charge on any atom is -0.242 e. The van der Waals surface area contributed by atoms with Crippen LogP contribution in [0.3, 0.4) is 0 Å². The summed E-state index contributed by atoms with van der Waals surface area (Å²) < 4.78 is 0.893. The number of halogens is 1. The summed E-state index contributed by atoms with van der Waals surface area (Å²) >= 11 is 7.74. The Morgan fingerprint density at radius 3 is 2.71 bits per heavy atom. The third-order valence-corrected chi connectivity index (χ3v) is 4.87. The smallest absolute Gasteiger partial charge is 0.150 e. The van der Waals surface area contributed by atoms with Crippen LogP contribution in [0, 0.1) is 6.92 Å². The number of fused-ring (bicyclic) bond motifs is 3. The Balaban J connectivity index is 2.20. The Kier molecular flexibility index (Phi) is 2.87. The van der Waals surface area contributed by atoms with Gasteiger partial charge in [0.15, 0.2) is 0 Å². The van der Waals surface area contributed by atoms with E-state index >= 15 is 0 Å². The molecule has 0 atom stereocenters. The highest BCUT2D eigenvalue weighted by Gasteiger charge is 2.16. The van der Waals surface area contributed by atoms with Crippen molar-refractivity contribution in [3.8, 4) is 11.1 Å². The maximum absolute atomic E-state index is 6.20. The molecule has 0 radical (unpaired) electrons. The molecule has 0 bridgehead atoms. The summed E-state index contributed by atoms with van der Waals surface area (Å²) in [5.41, 5.74) is 4.15. The molecule has 0 amide bonds. The quantitative estimate of drug-likeness (QED) is 0.471. The number of benzene rings is 1. The molecule has 0 fully saturated rings. The molecular formula is C16H10ClN3S. The van der Waals surface area contributed by atoms with Crippen molar-refractivity contribution < 1.29 is 0 Å². The van der Waals surface area contributed by atoms with Gasteiger partial charge in [0, 0.05) is 11.1 Å². The highest BCUT2D eigenvalue weighted by molar-refractivity contribution is 7.26. The number of rotatable bonds is 1. The second-order valence-corrected chi connectivity index (χ2v) is 6.16. The summed E-state index contributed by atoms with van der Waals surface area (Å²) in [5, 5.41) is 1.54. The van der Waals surface area contributed by atoms with Crippen molar-refractivity contribution in [2.45, 2.75) is 6.92 Å². The van der Waals surface area contributed by atoms with Crippen LogP contribution in [0.2, 0.25) is 5.15 Å². The fraction of sp³-hybridized carbons (Fsp3) is 0.0625. The van der Waals surface area contributed by atoms with Crippen molar-refractivity contribution in [3.05, 3.63) is 53.6 Å². The normalized spacial score (nSPS) is 11.3. The van der Waals surface area contributed by atoms with Crippen LogP contribution in [0.1, 0.15) is 5.69 Å². The van der Waals surface area contributed by atoms with Crippen molar-refractivity contribution >= 4 is 43.4 Å². The van der Waals surface area contributed by atoms with E-state index < -0.39 is 0 Å². The maximum Gasteiger partial charge on any atom is 0.150 e. The summed E-state index contributed by atoms with van der Waals surface area (Å²) in [6, 6.07) is 12.4. The molecule has 21 heavy (non-hydrogen) atoms. The molecule has 1 aromatic carbocycles. The average molecular weight is 312 g/mol. The minimum absolute atomic E-state index is 0.486. The molecule has 0 N–H and O–H groups in total. The summed E-state index contributed by atoms with van der Waals surface area (Å²) in [5.74, 6) is 0. The molecule has 0 aliphatic carbocycles. The van der Waals surface area contributed by atoms with Crippen molar-refractivity contribution in [2.24, 2.45) is 0 Å². The molecule has 0 saturated heterocycles. The number of nitrogens with zero attached hydrogens (tertiary/aromatic N) is 3. The number of pyridine rings is 1. The number of aryl methyl sites for hydroxylation is 1. The van der Waals surface area contributed by atoms with E-state index in [2.05, 4.69) is 33.2 Å². The first-order valence-corrected chi connectivity index (χ1v) is 7.69. The van der Waals surface area contributed by atoms with Crippen LogP contribution in [-0.4, -0.2) is 15.0 Å². The molecule has 0 aliphatic heterocycles. The summed E-state index contributed by atoms with van der Waals surface area (Å²) in [7, 11) is 0. The van der Waals surface area contributed by atoms with Gasteiger partial charge in [-0.3, -0.25) is 0 Å². The van der Waals surface area contributed by atoms with Gasteiger partial charge in [-0.05, 0) is 24.1 Å². The molecule has 0 saturated carbocycles. The minimum atomic E-state index is 0.486. The number of hydrogen-bond acceptors (Lipinski definition) is 4. The monoisotopic (exact) mass is 311 g/mol. The second kappa shape index (κ2) is 4.76. The van der Waals surface area contributed by atoms with E-state index in [0.29, 0.717) is 5.15 Å². The van der Waals surface area contributed by atoms with E-state index in [1.165, 1.54) is 6.33 Å². The molecule has 0 aliphatic rings. The average Bonchev–Trinajstić information content (AvgIpc) is 2.87. The van der Waals surface area contributed by atoms with Crippen LogP contribution in [0.25, 0.3) is 31.6 Å². The fourth-order valence-electron chi connectivity index (χ4n) is 2.51. The SMILES string of the molecule is Cc1cc(-c2ccccc2)c2c(n1)sc1c(Cl)ncnc12. The zero-order valence-electron chi connectivity index (χ0n) is 11.2. The molecule has 3 heterocycles. The molecule has 3 aromatic heterocycles. The number of thiophene rings is 1. The first-order chi connectivity index (χ1) is 10.2. The van der Waals surface area contributed by atoms with E-state index in [-0.39, 0.29) is 0 Å². The van der Waals surface area contributed by atoms with Gasteiger partial charge in [0.1, 0.15) is 16.3 Å². The van der Waals surface area contributed by atoms with Crippen molar-refractivity contribution in [3.63, 3.8) is 0 Å². The molecule has 0 spiro atoms. The van der Waals surface area contributed by atoms with Gasteiger partial charge < -0.3 is 0 Å². The molecule has 0 unspecified atom stereocenters. The van der Waals surface area contributed by atoms with Crippen LogP contribution in [0.4, 0.5) is 0 Å². The lowest BCUT2D eigenvalue weighted by molar-refractivity contribution is 1.23. The van der Waals surface area contributed by atoms with E-state index in [4.69, 9.17) is 11.6 Å². The zero-order valence-corrected chi connectivity index (χ0v) is 12.7. The Hall–Kier alpha value is -2.04. The molecule has 5 heteroatoms. The van der Waals surface area contributed by atoms with Crippen molar-refractivity contribution in [1.29, 1.82) is 0 Å². The first kappa shape index (κ1) is 12.7. The van der Waals surface area contributed by atoms with E-state index in [1.54, 1.807) is 11.3 Å². The highest BCUT2D eigenvalue weighted by Crippen LogP contribution is 2.40. The summed E-state index contributed by atoms with van der Waals surface area (Å²) in [4.78, 5) is 14.1. The lowest BCUT2D eigenvalue weighted by Gasteiger charge is -2.05. The lowest BCUT2D eigenvalue weighted by atomic mass is 10.0. The van der Waals surface area contributed by atoms with Gasteiger partial charge in [0.25, 0.3) is 0 Å². The Bertz CT molecular complexity index is 964. The van der Waals surface area contributed by atoms with Crippen molar-refractivity contribution in [2.75, 3.05) is 0 Å². The molecule has 3 nitrogen and oxygen atoms in total. The van der Waals surface area contributed by atoms with Crippen LogP contribution >= 0.6 is 22.9 Å². The van der Waals surface area contributed by atoms with E-state index in [9.17, 15) is 0 Å². The van der Waals surface area contributed by atoms with Crippen molar-refractivity contribution in [1.82, 2.24) is 15.0 Å². The molecule has 4 rings (SSSR count). The van der Waals surface area contributed by atoms with Crippen LogP contribution in [-0.2, 0) is 0 Å². The zero-order chi connectivity index (χ0) is 14.4. The van der Waals surface area contributed by atoms with Gasteiger partial charge in [0.2, 0.25) is 0 Å². The van der Waals surface area contributed by atoms with Gasteiger partial charge in [-0.1, -0.05) is 41.9 Å². The van der Waals surface area contributed by atoms with Gasteiger partial charge in [-0.25, -0.2) is 15.0 Å². The standard InChI is InChI=1S/C16H10ClN3S/c1-9-7-11(10-5-3-2-4-6-10)12-13-14(21-16(12)20-9)15(17)19-8-18-13/h2-8H,1H3. The summed E-state index contributed by atoms with van der Waals surface area (Å²) in [6.45, 7) is 2.00. The number of aromatic nitrogens is 3. The number of hydrogen-bond donors (Lipinski definition) is 0. The fourth-order valence-corrected chi connectivity index (χ4v) is 3.84. The third kappa shape index (κ3) is 1.99. The predicted octanol–water partition coefficient (Wildman–Crippen LogP) is 4.87. The Morgan fingerprint density at radius 2 is 1.90 bits per heavy atom. The van der Waals surface area contributed by atoms with Gasteiger partial charge in [0.05, 0.1) is 10.2 Å². The largest absolute Gasteiger partial charge is 0.242 e. The van der Waals surface area contributed by atoms with Crippen LogP contribution in [0.15, 0.2) is 42.7 Å². The van der Waals surface area contributed by atoms with Gasteiger partial charge in [-0.2, -0.15) is 0 Å². The first-order valence-electron chi connectivity index (χ1n) is 6.50.